The summed E-state index contributed by atoms with van der Waals surface area (Å²) in [6.45, 7) is 4.51. The molecule has 2 heterocycles. The topological polar surface area (TPSA) is 30.7 Å². The van der Waals surface area contributed by atoms with Crippen LogP contribution in [0.3, 0.4) is 0 Å². The van der Waals surface area contributed by atoms with Crippen molar-refractivity contribution in [3.8, 4) is 0 Å². The van der Waals surface area contributed by atoms with E-state index >= 15 is 0 Å². The molecule has 2 aromatic rings. The van der Waals surface area contributed by atoms with Crippen molar-refractivity contribution in [1.82, 2.24) is 14.5 Å². The minimum Gasteiger partial charge on any atom is -0.329 e. The lowest BCUT2D eigenvalue weighted by atomic mass is 10.1. The third-order valence-corrected chi connectivity index (χ3v) is 4.71. The van der Waals surface area contributed by atoms with Crippen molar-refractivity contribution in [3.63, 3.8) is 0 Å². The molecule has 5 heteroatoms. The van der Waals surface area contributed by atoms with E-state index in [0.717, 1.165) is 23.2 Å². The zero-order valence-electron chi connectivity index (χ0n) is 11.1. The first-order valence-corrected chi connectivity index (χ1v) is 8.05. The summed E-state index contributed by atoms with van der Waals surface area (Å²) < 4.78 is 2.04. The van der Waals surface area contributed by atoms with E-state index < -0.39 is 0 Å². The first kappa shape index (κ1) is 13.6. The number of aryl methyl sites for hydroxylation is 2. The lowest BCUT2D eigenvalue weighted by Gasteiger charge is -2.01. The number of hydrogen-bond donors (Lipinski definition) is 0. The SMILES string of the molecule is CC(C)CCc1nc(CSc2nccn2C)cs1. The molecule has 0 spiro atoms. The van der Waals surface area contributed by atoms with Gasteiger partial charge >= 0.3 is 0 Å². The highest BCUT2D eigenvalue weighted by atomic mass is 32.2. The molecule has 0 aliphatic heterocycles. The van der Waals surface area contributed by atoms with Gasteiger partial charge in [-0.25, -0.2) is 9.97 Å². The molecule has 0 unspecified atom stereocenters. The van der Waals surface area contributed by atoms with Crippen LogP contribution in [0.25, 0.3) is 0 Å². The molecule has 2 rings (SSSR count). The zero-order chi connectivity index (χ0) is 13.0. The molecule has 2 aromatic heterocycles. The number of nitrogens with zero attached hydrogens (tertiary/aromatic N) is 3. The normalized spacial score (nSPS) is 11.3. The average Bonchev–Trinajstić information content (AvgIpc) is 2.93. The molecule has 0 aliphatic rings. The van der Waals surface area contributed by atoms with Crippen LogP contribution < -0.4 is 0 Å². The standard InChI is InChI=1S/C13H19N3S2/c1-10(2)4-5-12-15-11(8-17-12)9-18-13-14-6-7-16(13)3/h6-8,10H,4-5,9H2,1-3H3. The minimum atomic E-state index is 0.749. The van der Waals surface area contributed by atoms with Crippen LogP contribution in [0, 0.1) is 5.92 Å². The zero-order valence-corrected chi connectivity index (χ0v) is 12.7. The molecule has 0 amide bonds. The predicted octanol–water partition coefficient (Wildman–Crippen LogP) is 3.76. The van der Waals surface area contributed by atoms with Crippen molar-refractivity contribution < 1.29 is 0 Å². The molecule has 0 bridgehead atoms. The van der Waals surface area contributed by atoms with Crippen LogP contribution in [-0.2, 0) is 19.2 Å². The van der Waals surface area contributed by atoms with Crippen molar-refractivity contribution in [1.29, 1.82) is 0 Å². The van der Waals surface area contributed by atoms with E-state index in [1.165, 1.54) is 17.1 Å². The van der Waals surface area contributed by atoms with Gasteiger partial charge in [0, 0.05) is 30.6 Å². The Labute approximate surface area is 117 Å². The monoisotopic (exact) mass is 281 g/mol. The van der Waals surface area contributed by atoms with Gasteiger partial charge in [-0.05, 0) is 18.8 Å². The first-order valence-electron chi connectivity index (χ1n) is 6.18. The molecule has 0 aliphatic carbocycles. The Balaban J connectivity index is 1.85. The van der Waals surface area contributed by atoms with E-state index in [-0.39, 0.29) is 0 Å². The molecule has 0 aromatic carbocycles. The highest BCUT2D eigenvalue weighted by Gasteiger charge is 2.06. The van der Waals surface area contributed by atoms with E-state index in [4.69, 9.17) is 0 Å². The molecule has 0 atom stereocenters. The summed E-state index contributed by atoms with van der Waals surface area (Å²) >= 11 is 3.52. The van der Waals surface area contributed by atoms with E-state index in [0.29, 0.717) is 0 Å². The smallest absolute Gasteiger partial charge is 0.168 e. The minimum absolute atomic E-state index is 0.749. The van der Waals surface area contributed by atoms with Crippen LogP contribution in [0.5, 0.6) is 0 Å². The molecule has 0 saturated carbocycles. The van der Waals surface area contributed by atoms with Crippen LogP contribution >= 0.6 is 23.1 Å². The number of hydrogen-bond acceptors (Lipinski definition) is 4. The lowest BCUT2D eigenvalue weighted by molar-refractivity contribution is 0.585. The Bertz CT molecular complexity index is 488. The fourth-order valence-corrected chi connectivity index (χ4v) is 3.32. The van der Waals surface area contributed by atoms with Crippen LogP contribution in [0.1, 0.15) is 31.0 Å². The molecule has 3 nitrogen and oxygen atoms in total. The summed E-state index contributed by atoms with van der Waals surface area (Å²) in [7, 11) is 2.02. The second kappa shape index (κ2) is 6.38. The highest BCUT2D eigenvalue weighted by Crippen LogP contribution is 2.22. The number of thiazole rings is 1. The summed E-state index contributed by atoms with van der Waals surface area (Å²) in [6.07, 6.45) is 6.13. The van der Waals surface area contributed by atoms with Crippen LogP contribution in [0.15, 0.2) is 22.9 Å². The Morgan fingerprint density at radius 2 is 2.28 bits per heavy atom. The van der Waals surface area contributed by atoms with Gasteiger partial charge in [-0.3, -0.25) is 0 Å². The maximum Gasteiger partial charge on any atom is 0.168 e. The van der Waals surface area contributed by atoms with Crippen LogP contribution in [-0.4, -0.2) is 14.5 Å². The van der Waals surface area contributed by atoms with E-state index in [2.05, 4.69) is 29.2 Å². The quantitative estimate of drug-likeness (QED) is 0.755. The van der Waals surface area contributed by atoms with E-state index in [9.17, 15) is 0 Å². The Morgan fingerprint density at radius 3 is 2.94 bits per heavy atom. The van der Waals surface area contributed by atoms with E-state index in [1.807, 2.05) is 24.0 Å². The predicted molar refractivity (Wildman–Crippen MR) is 78.0 cm³/mol. The number of thioether (sulfide) groups is 1. The van der Waals surface area contributed by atoms with Crippen molar-refractivity contribution in [3.05, 3.63) is 28.5 Å². The van der Waals surface area contributed by atoms with Gasteiger partial charge in [0.25, 0.3) is 0 Å². The van der Waals surface area contributed by atoms with Gasteiger partial charge in [-0.1, -0.05) is 25.6 Å². The van der Waals surface area contributed by atoms with Crippen molar-refractivity contribution in [2.75, 3.05) is 0 Å². The van der Waals surface area contributed by atoms with Crippen molar-refractivity contribution in [2.24, 2.45) is 13.0 Å². The van der Waals surface area contributed by atoms with Gasteiger partial charge in [0.15, 0.2) is 5.16 Å². The highest BCUT2D eigenvalue weighted by molar-refractivity contribution is 7.98. The summed E-state index contributed by atoms with van der Waals surface area (Å²) in [5, 5.41) is 4.48. The van der Waals surface area contributed by atoms with E-state index in [1.54, 1.807) is 23.1 Å². The van der Waals surface area contributed by atoms with Gasteiger partial charge in [0.2, 0.25) is 0 Å². The largest absolute Gasteiger partial charge is 0.329 e. The average molecular weight is 281 g/mol. The van der Waals surface area contributed by atoms with Crippen molar-refractivity contribution in [2.45, 2.75) is 37.6 Å². The van der Waals surface area contributed by atoms with Crippen molar-refractivity contribution >= 4 is 23.1 Å². The summed E-state index contributed by atoms with van der Waals surface area (Å²) in [5.41, 5.74) is 1.17. The Kier molecular flexibility index (Phi) is 4.83. The second-order valence-electron chi connectivity index (χ2n) is 4.77. The molecular weight excluding hydrogens is 262 g/mol. The molecule has 18 heavy (non-hydrogen) atoms. The third-order valence-electron chi connectivity index (χ3n) is 2.66. The molecule has 0 radical (unpaired) electrons. The fourth-order valence-electron chi connectivity index (χ4n) is 1.57. The maximum atomic E-state index is 4.67. The lowest BCUT2D eigenvalue weighted by Crippen LogP contribution is -1.93. The van der Waals surface area contributed by atoms with Gasteiger partial charge in [0.1, 0.15) is 0 Å². The molecular formula is C13H19N3S2. The van der Waals surface area contributed by atoms with Gasteiger partial charge in [0.05, 0.1) is 10.7 Å². The molecule has 0 saturated heterocycles. The number of rotatable bonds is 6. The first-order chi connectivity index (χ1) is 8.65. The van der Waals surface area contributed by atoms with Gasteiger partial charge in [-0.15, -0.1) is 11.3 Å². The van der Waals surface area contributed by atoms with Gasteiger partial charge in [-0.2, -0.15) is 0 Å². The second-order valence-corrected chi connectivity index (χ2v) is 6.66. The summed E-state index contributed by atoms with van der Waals surface area (Å²) in [5.74, 6) is 1.66. The molecule has 98 valence electrons. The van der Waals surface area contributed by atoms with Gasteiger partial charge < -0.3 is 4.57 Å². The van der Waals surface area contributed by atoms with Crippen LogP contribution in [0.2, 0.25) is 0 Å². The Morgan fingerprint density at radius 1 is 1.44 bits per heavy atom. The number of imidazole rings is 1. The third kappa shape index (κ3) is 3.85. The molecule has 0 fully saturated rings. The fraction of sp³-hybridized carbons (Fsp3) is 0.538. The summed E-state index contributed by atoms with van der Waals surface area (Å²) in [6, 6.07) is 0. The molecule has 0 N–H and O–H groups in total. The summed E-state index contributed by atoms with van der Waals surface area (Å²) in [4.78, 5) is 8.97. The van der Waals surface area contributed by atoms with Crippen LogP contribution in [0.4, 0.5) is 0 Å². The maximum absolute atomic E-state index is 4.67. The Hall–Kier alpha value is -0.810. The number of aromatic nitrogens is 3.